The van der Waals surface area contributed by atoms with Crippen molar-refractivity contribution in [3.8, 4) is 10.7 Å². The summed E-state index contributed by atoms with van der Waals surface area (Å²) in [5, 5.41) is 14.6. The molecular weight excluding hydrogens is 388 g/mol. The van der Waals surface area contributed by atoms with Gasteiger partial charge in [-0.3, -0.25) is 9.36 Å². The van der Waals surface area contributed by atoms with Gasteiger partial charge in [0.25, 0.3) is 0 Å². The summed E-state index contributed by atoms with van der Waals surface area (Å²) in [5.41, 5.74) is 2.13. The van der Waals surface area contributed by atoms with Crippen molar-refractivity contribution in [3.05, 3.63) is 47.3 Å². The summed E-state index contributed by atoms with van der Waals surface area (Å²) in [5.74, 6) is 1.75. The van der Waals surface area contributed by atoms with Crippen LogP contribution in [0.1, 0.15) is 50.6 Å². The molecule has 1 atom stereocenters. The van der Waals surface area contributed by atoms with Gasteiger partial charge < -0.3 is 5.32 Å². The molecule has 3 aromatic rings. The van der Waals surface area contributed by atoms with Crippen LogP contribution in [0.25, 0.3) is 10.7 Å². The zero-order chi connectivity index (χ0) is 19.5. The molecule has 1 aromatic carbocycles. The maximum atomic E-state index is 12.4. The van der Waals surface area contributed by atoms with Gasteiger partial charge in [-0.05, 0) is 54.3 Å². The third-order valence-corrected chi connectivity index (χ3v) is 6.84. The number of nitrogens with zero attached hydrogens (tertiary/aromatic N) is 3. The Morgan fingerprint density at radius 1 is 1.29 bits per heavy atom. The lowest BCUT2D eigenvalue weighted by molar-refractivity contribution is -0.113. The fourth-order valence-electron chi connectivity index (χ4n) is 3.07. The first-order valence-electron chi connectivity index (χ1n) is 9.67. The monoisotopic (exact) mass is 412 g/mol. The number of carbonyl (C=O) groups excluding carboxylic acids is 1. The van der Waals surface area contributed by atoms with E-state index in [1.807, 2.05) is 23.6 Å². The summed E-state index contributed by atoms with van der Waals surface area (Å²) >= 11 is 3.12. The van der Waals surface area contributed by atoms with Crippen molar-refractivity contribution in [3.63, 3.8) is 0 Å². The van der Waals surface area contributed by atoms with E-state index in [1.54, 1.807) is 11.3 Å². The molecule has 28 heavy (non-hydrogen) atoms. The minimum atomic E-state index is -0.0238. The summed E-state index contributed by atoms with van der Waals surface area (Å²) in [7, 11) is 0. The van der Waals surface area contributed by atoms with Crippen LogP contribution in [0.4, 0.5) is 5.69 Å². The zero-order valence-corrected chi connectivity index (χ0v) is 17.7. The normalized spacial score (nSPS) is 14.8. The molecule has 7 heteroatoms. The topological polar surface area (TPSA) is 59.8 Å². The van der Waals surface area contributed by atoms with Crippen LogP contribution in [-0.4, -0.2) is 26.4 Å². The van der Waals surface area contributed by atoms with E-state index in [0.29, 0.717) is 17.7 Å². The molecule has 1 aliphatic carbocycles. The molecule has 1 saturated carbocycles. The molecule has 0 unspecified atom stereocenters. The van der Waals surface area contributed by atoms with E-state index in [2.05, 4.69) is 52.1 Å². The molecule has 146 valence electrons. The molecular formula is C21H24N4OS2. The van der Waals surface area contributed by atoms with Crippen LogP contribution < -0.4 is 5.32 Å². The maximum Gasteiger partial charge on any atom is 0.234 e. The number of thiophene rings is 1. The largest absolute Gasteiger partial charge is 0.325 e. The summed E-state index contributed by atoms with van der Waals surface area (Å²) in [4.78, 5) is 13.5. The second-order valence-corrected chi connectivity index (χ2v) is 9.04. The highest BCUT2D eigenvalue weighted by Gasteiger charge is 2.30. The van der Waals surface area contributed by atoms with Gasteiger partial charge in [0.05, 0.1) is 10.6 Å². The highest BCUT2D eigenvalue weighted by atomic mass is 32.2. The molecule has 0 radical (unpaired) electrons. The first-order chi connectivity index (χ1) is 13.7. The quantitative estimate of drug-likeness (QED) is 0.490. The van der Waals surface area contributed by atoms with Gasteiger partial charge in [0.2, 0.25) is 5.91 Å². The molecule has 4 rings (SSSR count). The number of nitrogens with one attached hydrogen (secondary N) is 1. The second-order valence-electron chi connectivity index (χ2n) is 7.15. The average molecular weight is 413 g/mol. The van der Waals surface area contributed by atoms with Crippen molar-refractivity contribution in [1.29, 1.82) is 0 Å². The molecule has 1 fully saturated rings. The van der Waals surface area contributed by atoms with Crippen molar-refractivity contribution in [2.45, 2.75) is 50.2 Å². The number of carbonyl (C=O) groups is 1. The molecule has 1 aliphatic rings. The molecule has 2 heterocycles. The fraction of sp³-hybridized carbons (Fsp3) is 0.381. The number of amides is 1. The molecule has 2 aromatic heterocycles. The van der Waals surface area contributed by atoms with Crippen LogP contribution >= 0.6 is 23.1 Å². The summed E-state index contributed by atoms with van der Waals surface area (Å²) in [6.45, 7) is 4.40. The average Bonchev–Trinajstić information content (AvgIpc) is 3.23. The van der Waals surface area contributed by atoms with Gasteiger partial charge in [-0.15, -0.1) is 21.5 Å². The smallest absolute Gasteiger partial charge is 0.234 e. The SMILES string of the molecule is CC[C@H](C)c1ccc(NC(=O)CSc2nnc(-c3cccs3)n2C2CC2)cc1. The maximum absolute atomic E-state index is 12.4. The number of anilines is 1. The van der Waals surface area contributed by atoms with Crippen molar-refractivity contribution in [2.75, 3.05) is 11.1 Å². The minimum absolute atomic E-state index is 0.0238. The fourth-order valence-corrected chi connectivity index (χ4v) is 4.58. The lowest BCUT2D eigenvalue weighted by atomic mass is 9.99. The predicted octanol–water partition coefficient (Wildman–Crippen LogP) is 5.59. The molecule has 0 saturated heterocycles. The standard InChI is InChI=1S/C21H24N4OS2/c1-3-14(2)15-6-8-16(9-7-15)22-19(26)13-28-21-24-23-20(18-5-4-12-27-18)25(21)17-10-11-17/h4-9,12,14,17H,3,10-11,13H2,1-2H3,(H,22,26)/t14-/m0/s1. The number of thioether (sulfide) groups is 1. The molecule has 0 bridgehead atoms. The van der Waals surface area contributed by atoms with Crippen molar-refractivity contribution >= 4 is 34.7 Å². The number of hydrogen-bond acceptors (Lipinski definition) is 5. The Morgan fingerprint density at radius 3 is 2.71 bits per heavy atom. The Balaban J connectivity index is 1.39. The number of hydrogen-bond donors (Lipinski definition) is 1. The van der Waals surface area contributed by atoms with E-state index in [0.717, 1.165) is 40.8 Å². The van der Waals surface area contributed by atoms with E-state index in [-0.39, 0.29) is 5.91 Å². The van der Waals surface area contributed by atoms with Crippen LogP contribution in [0.3, 0.4) is 0 Å². The van der Waals surface area contributed by atoms with E-state index in [4.69, 9.17) is 0 Å². The van der Waals surface area contributed by atoms with Gasteiger partial charge in [-0.1, -0.05) is 43.8 Å². The zero-order valence-electron chi connectivity index (χ0n) is 16.1. The Morgan fingerprint density at radius 2 is 2.07 bits per heavy atom. The van der Waals surface area contributed by atoms with E-state index < -0.39 is 0 Å². The Bertz CT molecular complexity index is 930. The molecule has 0 spiro atoms. The van der Waals surface area contributed by atoms with Crippen LogP contribution in [0.15, 0.2) is 46.9 Å². The Labute approximate surface area is 173 Å². The van der Waals surface area contributed by atoms with Gasteiger partial charge in [0.15, 0.2) is 11.0 Å². The van der Waals surface area contributed by atoms with Crippen molar-refractivity contribution in [1.82, 2.24) is 14.8 Å². The van der Waals surface area contributed by atoms with E-state index in [1.165, 1.54) is 17.3 Å². The third kappa shape index (κ3) is 4.31. The van der Waals surface area contributed by atoms with Crippen LogP contribution in [0, 0.1) is 0 Å². The third-order valence-electron chi connectivity index (χ3n) is 5.03. The van der Waals surface area contributed by atoms with Crippen LogP contribution in [0.5, 0.6) is 0 Å². The van der Waals surface area contributed by atoms with Crippen LogP contribution in [-0.2, 0) is 4.79 Å². The molecule has 1 N–H and O–H groups in total. The van der Waals surface area contributed by atoms with Crippen molar-refractivity contribution < 1.29 is 4.79 Å². The van der Waals surface area contributed by atoms with Gasteiger partial charge in [-0.2, -0.15) is 0 Å². The first-order valence-corrected chi connectivity index (χ1v) is 11.5. The first kappa shape index (κ1) is 19.2. The Kier molecular flexibility index (Phi) is 5.82. The minimum Gasteiger partial charge on any atom is -0.325 e. The molecule has 0 aliphatic heterocycles. The Hall–Kier alpha value is -2.12. The predicted molar refractivity (Wildman–Crippen MR) is 116 cm³/mol. The highest BCUT2D eigenvalue weighted by Crippen LogP contribution is 2.41. The summed E-state index contributed by atoms with van der Waals surface area (Å²) in [6, 6.07) is 12.7. The highest BCUT2D eigenvalue weighted by molar-refractivity contribution is 7.99. The van der Waals surface area contributed by atoms with Crippen molar-refractivity contribution in [2.24, 2.45) is 0 Å². The van der Waals surface area contributed by atoms with Crippen LogP contribution in [0.2, 0.25) is 0 Å². The van der Waals surface area contributed by atoms with E-state index >= 15 is 0 Å². The van der Waals surface area contributed by atoms with Gasteiger partial charge in [-0.25, -0.2) is 0 Å². The number of aromatic nitrogens is 3. The molecule has 1 amide bonds. The lowest BCUT2D eigenvalue weighted by Crippen LogP contribution is -2.14. The number of rotatable bonds is 8. The summed E-state index contributed by atoms with van der Waals surface area (Å²) < 4.78 is 2.20. The lowest BCUT2D eigenvalue weighted by Gasteiger charge is -2.11. The molecule has 5 nitrogen and oxygen atoms in total. The van der Waals surface area contributed by atoms with E-state index in [9.17, 15) is 4.79 Å². The van der Waals surface area contributed by atoms with Gasteiger partial charge >= 0.3 is 0 Å². The van der Waals surface area contributed by atoms with Gasteiger partial charge in [0.1, 0.15) is 0 Å². The summed E-state index contributed by atoms with van der Waals surface area (Å²) in [6.07, 6.45) is 3.41. The second kappa shape index (κ2) is 8.49. The van der Waals surface area contributed by atoms with Gasteiger partial charge in [0, 0.05) is 11.7 Å². The number of benzene rings is 1.